The lowest BCUT2D eigenvalue weighted by Gasteiger charge is -2.15. The molecule has 2 aromatic carbocycles. The van der Waals surface area contributed by atoms with Crippen LogP contribution in [-0.2, 0) is 17.8 Å². The fraction of sp³-hybridized carbons (Fsp3) is 0.261. The van der Waals surface area contributed by atoms with Crippen LogP contribution in [0.3, 0.4) is 0 Å². The highest BCUT2D eigenvalue weighted by atomic mass is 35.5. The van der Waals surface area contributed by atoms with Gasteiger partial charge in [0, 0.05) is 10.6 Å². The number of aliphatic hydroxyl groups excluding tert-OH is 1. The number of alkyl halides is 3. The molecular weight excluding hydrogens is 566 g/mol. The molecule has 0 spiro atoms. The monoisotopic (exact) mass is 585 g/mol. The van der Waals surface area contributed by atoms with Gasteiger partial charge in [-0.15, -0.1) is 10.2 Å². The number of benzene rings is 2. The molecule has 0 fully saturated rings. The van der Waals surface area contributed by atoms with E-state index in [1.807, 2.05) is 0 Å². The molecule has 11 nitrogen and oxygen atoms in total. The topological polar surface area (TPSA) is 143 Å². The number of halogens is 5. The van der Waals surface area contributed by atoms with E-state index in [1.165, 1.54) is 35.9 Å². The molecule has 0 bridgehead atoms. The van der Waals surface area contributed by atoms with Gasteiger partial charge in [0.1, 0.15) is 6.54 Å². The summed E-state index contributed by atoms with van der Waals surface area (Å²) in [4.78, 5) is 28.9. The van der Waals surface area contributed by atoms with Gasteiger partial charge in [0.2, 0.25) is 0 Å². The molecule has 16 heteroatoms. The maximum absolute atomic E-state index is 13.2. The Bertz CT molecular complexity index is 1550. The van der Waals surface area contributed by atoms with E-state index in [-0.39, 0.29) is 34.6 Å². The normalized spacial score (nSPS) is 13.3. The molecule has 0 aliphatic carbocycles. The Labute approximate surface area is 228 Å². The number of carbonyl (C=O) groups excluding carboxylic acids is 1. The van der Waals surface area contributed by atoms with Gasteiger partial charge in [0.25, 0.3) is 0 Å². The summed E-state index contributed by atoms with van der Waals surface area (Å²) in [7, 11) is 0. The van der Waals surface area contributed by atoms with E-state index < -0.39 is 36.7 Å². The van der Waals surface area contributed by atoms with Gasteiger partial charge in [0.15, 0.2) is 29.7 Å². The Hall–Kier alpha value is -3.88. The summed E-state index contributed by atoms with van der Waals surface area (Å²) in [5.74, 6) is -0.0402. The lowest BCUT2D eigenvalue weighted by Crippen LogP contribution is -2.37. The van der Waals surface area contributed by atoms with Crippen molar-refractivity contribution in [2.45, 2.75) is 38.4 Å². The molecule has 39 heavy (non-hydrogen) atoms. The first-order chi connectivity index (χ1) is 18.3. The second kappa shape index (κ2) is 11.1. The lowest BCUT2D eigenvalue weighted by atomic mass is 10.2. The second-order valence-corrected chi connectivity index (χ2v) is 9.11. The zero-order chi connectivity index (χ0) is 28.5. The number of rotatable bonds is 8. The van der Waals surface area contributed by atoms with Crippen LogP contribution in [0.25, 0.3) is 17.1 Å². The summed E-state index contributed by atoms with van der Waals surface area (Å²) in [6.07, 6.45) is -9.85. The molecule has 2 atom stereocenters. The first-order valence-corrected chi connectivity index (χ1v) is 12.0. The van der Waals surface area contributed by atoms with Crippen LogP contribution in [0, 0.1) is 0 Å². The van der Waals surface area contributed by atoms with Gasteiger partial charge in [-0.2, -0.15) is 13.2 Å². The van der Waals surface area contributed by atoms with Crippen molar-refractivity contribution in [3.63, 3.8) is 0 Å². The van der Waals surface area contributed by atoms with Crippen LogP contribution in [0.4, 0.5) is 18.0 Å². The predicted octanol–water partition coefficient (Wildman–Crippen LogP) is 3.73. The van der Waals surface area contributed by atoms with Crippen LogP contribution in [0.15, 0.2) is 53.3 Å². The van der Waals surface area contributed by atoms with Crippen molar-refractivity contribution < 1.29 is 27.8 Å². The van der Waals surface area contributed by atoms with Gasteiger partial charge in [-0.3, -0.25) is 4.57 Å². The molecule has 206 valence electrons. The molecule has 2 unspecified atom stereocenters. The van der Waals surface area contributed by atoms with Gasteiger partial charge >= 0.3 is 18.0 Å². The predicted molar refractivity (Wildman–Crippen MR) is 134 cm³/mol. The smallest absolute Gasteiger partial charge is 0.416 e. The van der Waals surface area contributed by atoms with Crippen molar-refractivity contribution in [3.8, 4) is 17.1 Å². The minimum Gasteiger partial charge on any atom is -0.438 e. The van der Waals surface area contributed by atoms with Crippen LogP contribution < -0.4 is 11.4 Å². The summed E-state index contributed by atoms with van der Waals surface area (Å²) in [6.45, 7) is 0.00274. The molecule has 2 heterocycles. The van der Waals surface area contributed by atoms with Crippen LogP contribution in [0.5, 0.6) is 0 Å². The SMILES string of the molecule is CC(OC(N)=O)c1nc(Cn2nc(-c3ccc(Cl)cc3)n(CC(O)C(F)(F)F)c2=O)nn1-c1ccccc1Cl. The molecule has 4 rings (SSSR count). The Balaban J connectivity index is 1.79. The number of ether oxygens (including phenoxy) is 1. The van der Waals surface area contributed by atoms with Gasteiger partial charge in [-0.1, -0.05) is 35.3 Å². The van der Waals surface area contributed by atoms with Crippen molar-refractivity contribution in [2.75, 3.05) is 0 Å². The summed E-state index contributed by atoms with van der Waals surface area (Å²) in [6, 6.07) is 12.5. The fourth-order valence-corrected chi connectivity index (χ4v) is 4.00. The molecule has 0 aliphatic rings. The molecule has 3 N–H and O–H groups in total. The van der Waals surface area contributed by atoms with Crippen LogP contribution >= 0.6 is 23.2 Å². The minimum absolute atomic E-state index is 0.00406. The first-order valence-electron chi connectivity index (χ1n) is 11.2. The van der Waals surface area contributed by atoms with Crippen molar-refractivity contribution in [3.05, 3.63) is 80.7 Å². The number of carbonyl (C=O) groups is 1. The maximum Gasteiger partial charge on any atom is 0.416 e. The molecule has 0 radical (unpaired) electrons. The zero-order valence-electron chi connectivity index (χ0n) is 20.0. The van der Waals surface area contributed by atoms with E-state index >= 15 is 0 Å². The number of primary amides is 1. The number of para-hydroxylation sites is 1. The number of hydrogen-bond donors (Lipinski definition) is 2. The molecular formula is C23H20Cl2F3N7O4. The van der Waals surface area contributed by atoms with Crippen molar-refractivity contribution in [1.29, 1.82) is 0 Å². The number of aromatic nitrogens is 6. The highest BCUT2D eigenvalue weighted by Gasteiger charge is 2.39. The number of hydrogen-bond acceptors (Lipinski definition) is 7. The van der Waals surface area contributed by atoms with E-state index in [0.29, 0.717) is 15.3 Å². The zero-order valence-corrected chi connectivity index (χ0v) is 21.5. The highest BCUT2D eigenvalue weighted by Crippen LogP contribution is 2.26. The quantitative estimate of drug-likeness (QED) is 0.320. The van der Waals surface area contributed by atoms with E-state index in [4.69, 9.17) is 33.7 Å². The van der Waals surface area contributed by atoms with Gasteiger partial charge in [-0.05, 0) is 43.3 Å². The Kier molecular flexibility index (Phi) is 7.99. The summed E-state index contributed by atoms with van der Waals surface area (Å²) >= 11 is 12.2. The van der Waals surface area contributed by atoms with Gasteiger partial charge in [-0.25, -0.2) is 23.9 Å². The second-order valence-electron chi connectivity index (χ2n) is 8.27. The number of aliphatic hydroxyl groups is 1. The van der Waals surface area contributed by atoms with E-state index in [0.717, 1.165) is 4.68 Å². The highest BCUT2D eigenvalue weighted by molar-refractivity contribution is 6.32. The van der Waals surface area contributed by atoms with Crippen LogP contribution in [0.1, 0.15) is 24.7 Å². The third-order valence-electron chi connectivity index (χ3n) is 5.46. The summed E-state index contributed by atoms with van der Waals surface area (Å²) in [5, 5.41) is 18.9. The summed E-state index contributed by atoms with van der Waals surface area (Å²) in [5.41, 5.74) is 4.84. The van der Waals surface area contributed by atoms with Crippen molar-refractivity contribution in [1.82, 2.24) is 29.1 Å². The summed E-state index contributed by atoms with van der Waals surface area (Å²) < 4.78 is 47.3. The molecule has 0 saturated heterocycles. The Morgan fingerprint density at radius 1 is 1.13 bits per heavy atom. The Morgan fingerprint density at radius 2 is 1.79 bits per heavy atom. The largest absolute Gasteiger partial charge is 0.438 e. The lowest BCUT2D eigenvalue weighted by molar-refractivity contribution is -0.207. The Morgan fingerprint density at radius 3 is 2.41 bits per heavy atom. The molecule has 0 saturated carbocycles. The van der Waals surface area contributed by atoms with Crippen molar-refractivity contribution >= 4 is 29.3 Å². The average molecular weight is 586 g/mol. The van der Waals surface area contributed by atoms with Crippen LogP contribution in [-0.4, -0.2) is 52.6 Å². The average Bonchev–Trinajstić information content (AvgIpc) is 3.41. The minimum atomic E-state index is -4.97. The van der Waals surface area contributed by atoms with E-state index in [1.54, 1.807) is 24.3 Å². The number of amides is 1. The number of nitrogens with zero attached hydrogens (tertiary/aromatic N) is 6. The third kappa shape index (κ3) is 6.24. The molecule has 0 aliphatic heterocycles. The van der Waals surface area contributed by atoms with Gasteiger partial charge in [0.05, 0.1) is 17.3 Å². The van der Waals surface area contributed by atoms with Crippen molar-refractivity contribution in [2.24, 2.45) is 5.73 Å². The van der Waals surface area contributed by atoms with Gasteiger partial charge < -0.3 is 15.6 Å². The van der Waals surface area contributed by atoms with E-state index in [2.05, 4.69) is 15.2 Å². The molecule has 1 amide bonds. The standard InChI is InChI=1S/C23H20Cl2F3N7O4/c1-12(39-21(29)37)19-30-18(31-35(19)16-5-3-2-4-15(16)25)11-34-22(38)33(10-17(36)23(26,27)28)20(32-34)13-6-8-14(24)9-7-13/h2-9,12,17,36H,10-11H2,1H3,(H2,29,37). The third-order valence-corrected chi connectivity index (χ3v) is 6.03. The van der Waals surface area contributed by atoms with Crippen LogP contribution in [0.2, 0.25) is 10.0 Å². The maximum atomic E-state index is 13.2. The van der Waals surface area contributed by atoms with E-state index in [9.17, 15) is 27.9 Å². The fourth-order valence-electron chi connectivity index (χ4n) is 3.66. The molecule has 2 aromatic heterocycles. The molecule has 4 aromatic rings. The number of nitrogens with two attached hydrogens (primary N) is 1. The first kappa shape index (κ1) is 28.1.